The van der Waals surface area contributed by atoms with E-state index in [2.05, 4.69) is 32.3 Å². The van der Waals surface area contributed by atoms with Gasteiger partial charge in [-0.15, -0.1) is 0 Å². The highest BCUT2D eigenvalue weighted by Gasteiger charge is 2.21. The number of rotatable bonds is 8. The van der Waals surface area contributed by atoms with Crippen LogP contribution in [0.2, 0.25) is 0 Å². The Morgan fingerprint density at radius 2 is 1.62 bits per heavy atom. The van der Waals surface area contributed by atoms with Crippen LogP contribution in [0.3, 0.4) is 0 Å². The van der Waals surface area contributed by atoms with E-state index < -0.39 is 0 Å². The van der Waals surface area contributed by atoms with Gasteiger partial charge >= 0.3 is 0 Å². The first kappa shape index (κ1) is 13.3. The minimum Gasteiger partial charge on any atom is -0.311 e. The van der Waals surface area contributed by atoms with Gasteiger partial charge < -0.3 is 5.32 Å². The quantitative estimate of drug-likeness (QED) is 0.608. The van der Waals surface area contributed by atoms with E-state index in [0.717, 1.165) is 0 Å². The van der Waals surface area contributed by atoms with Crippen molar-refractivity contribution in [2.75, 3.05) is 18.6 Å². The van der Waals surface area contributed by atoms with Crippen LogP contribution in [0, 0.1) is 0 Å². The highest BCUT2D eigenvalue weighted by Crippen LogP contribution is 2.18. The molecule has 0 saturated heterocycles. The van der Waals surface area contributed by atoms with Gasteiger partial charge in [0, 0.05) is 5.54 Å². The molecule has 2 heteroatoms. The van der Waals surface area contributed by atoms with Gasteiger partial charge in [-0.3, -0.25) is 0 Å². The lowest BCUT2D eigenvalue weighted by Crippen LogP contribution is -2.44. The summed E-state index contributed by atoms with van der Waals surface area (Å²) in [5, 5.41) is 3.70. The van der Waals surface area contributed by atoms with Crippen molar-refractivity contribution in [3.63, 3.8) is 0 Å². The second kappa shape index (κ2) is 7.69. The zero-order valence-corrected chi connectivity index (χ0v) is 10.5. The lowest BCUT2D eigenvalue weighted by Gasteiger charge is -2.32. The fourth-order valence-electron chi connectivity index (χ4n) is 1.70. The zero-order valence-electron chi connectivity index (χ0n) is 9.65. The maximum absolute atomic E-state index is 3.70. The van der Waals surface area contributed by atoms with E-state index in [9.17, 15) is 0 Å². The summed E-state index contributed by atoms with van der Waals surface area (Å²) in [5.41, 5.74) is 0.415. The molecule has 0 aliphatic heterocycles. The summed E-state index contributed by atoms with van der Waals surface area (Å²) in [6.45, 7) is 8.04. The van der Waals surface area contributed by atoms with Gasteiger partial charge in [-0.1, -0.05) is 20.8 Å². The third-order valence-electron chi connectivity index (χ3n) is 3.06. The number of hydrogen-bond donors (Lipinski definition) is 1. The van der Waals surface area contributed by atoms with E-state index in [-0.39, 0.29) is 0 Å². The van der Waals surface area contributed by atoms with Gasteiger partial charge in [-0.2, -0.15) is 11.8 Å². The normalized spacial score (nSPS) is 12.0. The van der Waals surface area contributed by atoms with Crippen LogP contribution in [0.5, 0.6) is 0 Å². The molecule has 0 spiro atoms. The highest BCUT2D eigenvalue weighted by atomic mass is 32.2. The van der Waals surface area contributed by atoms with Crippen LogP contribution in [0.25, 0.3) is 0 Å². The van der Waals surface area contributed by atoms with E-state index in [4.69, 9.17) is 0 Å². The SMILES string of the molecule is CCC(CC)(CC)NCCCSC. The first-order valence-corrected chi connectivity index (χ1v) is 6.88. The van der Waals surface area contributed by atoms with Crippen molar-refractivity contribution in [1.29, 1.82) is 0 Å². The molecule has 80 valence electrons. The van der Waals surface area contributed by atoms with E-state index in [1.54, 1.807) is 0 Å². The van der Waals surface area contributed by atoms with E-state index in [1.807, 2.05) is 11.8 Å². The summed E-state index contributed by atoms with van der Waals surface area (Å²) in [4.78, 5) is 0. The van der Waals surface area contributed by atoms with Crippen LogP contribution in [-0.4, -0.2) is 24.1 Å². The second-order valence-electron chi connectivity index (χ2n) is 3.61. The summed E-state index contributed by atoms with van der Waals surface area (Å²) < 4.78 is 0. The molecule has 0 saturated carbocycles. The Morgan fingerprint density at radius 3 is 2.00 bits per heavy atom. The smallest absolute Gasteiger partial charge is 0.0173 e. The molecule has 0 fully saturated rings. The number of thioether (sulfide) groups is 1. The predicted octanol–water partition coefficient (Wildman–Crippen LogP) is 3.30. The second-order valence-corrected chi connectivity index (χ2v) is 4.60. The zero-order chi connectivity index (χ0) is 10.2. The van der Waals surface area contributed by atoms with Gasteiger partial charge in [0.2, 0.25) is 0 Å². The molecule has 0 aliphatic carbocycles. The Bertz CT molecular complexity index is 102. The molecule has 0 unspecified atom stereocenters. The third kappa shape index (κ3) is 4.92. The van der Waals surface area contributed by atoms with Crippen molar-refractivity contribution >= 4 is 11.8 Å². The van der Waals surface area contributed by atoms with Gasteiger partial charge in [0.05, 0.1) is 0 Å². The molecule has 0 aromatic rings. The fourth-order valence-corrected chi connectivity index (χ4v) is 2.13. The molecule has 0 amide bonds. The monoisotopic (exact) mass is 203 g/mol. The third-order valence-corrected chi connectivity index (χ3v) is 3.75. The Hall–Kier alpha value is 0.310. The summed E-state index contributed by atoms with van der Waals surface area (Å²) >= 11 is 1.94. The predicted molar refractivity (Wildman–Crippen MR) is 64.6 cm³/mol. The van der Waals surface area contributed by atoms with Gasteiger partial charge in [0.15, 0.2) is 0 Å². The van der Waals surface area contributed by atoms with Gasteiger partial charge in [0.1, 0.15) is 0 Å². The molecule has 0 heterocycles. The lowest BCUT2D eigenvalue weighted by atomic mass is 9.90. The minimum absolute atomic E-state index is 0.415. The molecule has 0 radical (unpaired) electrons. The van der Waals surface area contributed by atoms with Crippen molar-refractivity contribution in [3.8, 4) is 0 Å². The summed E-state index contributed by atoms with van der Waals surface area (Å²) in [6.07, 6.45) is 7.22. The van der Waals surface area contributed by atoms with E-state index in [1.165, 1.54) is 38.0 Å². The molecule has 0 aromatic carbocycles. The fraction of sp³-hybridized carbons (Fsp3) is 1.00. The molecule has 13 heavy (non-hydrogen) atoms. The average Bonchev–Trinajstić information content (AvgIpc) is 2.20. The maximum atomic E-state index is 3.70. The summed E-state index contributed by atoms with van der Waals surface area (Å²) in [6, 6.07) is 0. The van der Waals surface area contributed by atoms with E-state index in [0.29, 0.717) is 5.54 Å². The van der Waals surface area contributed by atoms with Crippen LogP contribution in [-0.2, 0) is 0 Å². The topological polar surface area (TPSA) is 12.0 Å². The van der Waals surface area contributed by atoms with Gasteiger partial charge in [-0.25, -0.2) is 0 Å². The molecule has 0 rings (SSSR count). The van der Waals surface area contributed by atoms with Gasteiger partial charge in [-0.05, 0) is 44.2 Å². The Balaban J connectivity index is 3.68. The molecule has 0 aromatic heterocycles. The molecule has 0 aliphatic rings. The van der Waals surface area contributed by atoms with Crippen molar-refractivity contribution < 1.29 is 0 Å². The molecule has 0 atom stereocenters. The van der Waals surface area contributed by atoms with Crippen LogP contribution < -0.4 is 5.32 Å². The first-order valence-electron chi connectivity index (χ1n) is 5.48. The molecule has 1 N–H and O–H groups in total. The Kier molecular flexibility index (Phi) is 7.87. The Morgan fingerprint density at radius 1 is 1.08 bits per heavy atom. The van der Waals surface area contributed by atoms with Crippen molar-refractivity contribution in [2.24, 2.45) is 0 Å². The van der Waals surface area contributed by atoms with Crippen molar-refractivity contribution in [3.05, 3.63) is 0 Å². The highest BCUT2D eigenvalue weighted by molar-refractivity contribution is 7.98. The largest absolute Gasteiger partial charge is 0.311 e. The molecule has 0 bridgehead atoms. The van der Waals surface area contributed by atoms with Crippen LogP contribution in [0.4, 0.5) is 0 Å². The lowest BCUT2D eigenvalue weighted by molar-refractivity contribution is 0.292. The van der Waals surface area contributed by atoms with Crippen molar-refractivity contribution in [2.45, 2.75) is 52.0 Å². The van der Waals surface area contributed by atoms with Gasteiger partial charge in [0.25, 0.3) is 0 Å². The summed E-state index contributed by atoms with van der Waals surface area (Å²) in [5.74, 6) is 1.28. The molecule has 1 nitrogen and oxygen atoms in total. The van der Waals surface area contributed by atoms with Crippen molar-refractivity contribution in [1.82, 2.24) is 5.32 Å². The number of nitrogens with one attached hydrogen (secondary N) is 1. The van der Waals surface area contributed by atoms with Crippen LogP contribution >= 0.6 is 11.8 Å². The standard InChI is InChI=1S/C11H25NS/c1-5-11(6-2,7-3)12-9-8-10-13-4/h12H,5-10H2,1-4H3. The average molecular weight is 203 g/mol. The Labute approximate surface area is 88.1 Å². The maximum Gasteiger partial charge on any atom is 0.0173 e. The minimum atomic E-state index is 0.415. The molecular formula is C11H25NS. The molecular weight excluding hydrogens is 178 g/mol. The number of hydrogen-bond acceptors (Lipinski definition) is 2. The van der Waals surface area contributed by atoms with Crippen LogP contribution in [0.1, 0.15) is 46.5 Å². The van der Waals surface area contributed by atoms with E-state index >= 15 is 0 Å². The summed E-state index contributed by atoms with van der Waals surface area (Å²) in [7, 11) is 0. The van der Waals surface area contributed by atoms with Crippen LogP contribution in [0.15, 0.2) is 0 Å². The first-order chi connectivity index (χ1) is 6.24.